The predicted octanol–water partition coefficient (Wildman–Crippen LogP) is 5.12. The van der Waals surface area contributed by atoms with E-state index in [9.17, 15) is 0 Å². The second-order valence-electron chi connectivity index (χ2n) is 5.43. The Morgan fingerprint density at radius 3 is 2.21 bits per heavy atom. The number of nitrogens with one attached hydrogen (secondary N) is 1. The molecule has 1 saturated carbocycles. The minimum absolute atomic E-state index is 0.618. The molecule has 0 saturated heterocycles. The first-order valence-corrected chi connectivity index (χ1v) is 7.59. The fourth-order valence-electron chi connectivity index (χ4n) is 2.63. The Kier molecular flexibility index (Phi) is 3.61. The molecule has 0 unspecified atom stereocenters. The van der Waals surface area contributed by atoms with Crippen LogP contribution in [0.1, 0.15) is 29.9 Å². The van der Waals surface area contributed by atoms with Gasteiger partial charge in [0.25, 0.3) is 0 Å². The third kappa shape index (κ3) is 3.01. The van der Waals surface area contributed by atoms with Gasteiger partial charge < -0.3 is 5.32 Å². The quantitative estimate of drug-likeness (QED) is 0.829. The molecule has 19 heavy (non-hydrogen) atoms. The lowest BCUT2D eigenvalue weighted by Crippen LogP contribution is -2.33. The van der Waals surface area contributed by atoms with E-state index in [1.807, 2.05) is 0 Å². The zero-order valence-electron chi connectivity index (χ0n) is 11.1. The molecule has 2 aromatic carbocycles. The minimum atomic E-state index is 0.618. The van der Waals surface area contributed by atoms with Gasteiger partial charge in [-0.25, -0.2) is 0 Å². The topological polar surface area (TPSA) is 12.0 Å². The SMILES string of the molecule is Cc1ccc(C2CC(Nc3ccc(Br)cc3)C2)cc1. The first kappa shape index (κ1) is 12.7. The van der Waals surface area contributed by atoms with Crippen molar-refractivity contribution in [1.82, 2.24) is 0 Å². The molecule has 0 spiro atoms. The van der Waals surface area contributed by atoms with E-state index in [1.165, 1.54) is 29.7 Å². The van der Waals surface area contributed by atoms with Crippen molar-refractivity contribution in [2.45, 2.75) is 31.7 Å². The molecule has 1 N–H and O–H groups in total. The van der Waals surface area contributed by atoms with E-state index < -0.39 is 0 Å². The van der Waals surface area contributed by atoms with Crippen LogP contribution in [0.4, 0.5) is 5.69 Å². The third-order valence-electron chi connectivity index (χ3n) is 3.90. The smallest absolute Gasteiger partial charge is 0.0343 e. The van der Waals surface area contributed by atoms with Crippen molar-refractivity contribution in [3.63, 3.8) is 0 Å². The van der Waals surface area contributed by atoms with Gasteiger partial charge in [0.15, 0.2) is 0 Å². The summed E-state index contributed by atoms with van der Waals surface area (Å²) in [6.45, 7) is 2.14. The van der Waals surface area contributed by atoms with Crippen molar-refractivity contribution in [2.75, 3.05) is 5.32 Å². The molecule has 0 aliphatic heterocycles. The van der Waals surface area contributed by atoms with Gasteiger partial charge in [-0.05, 0) is 55.5 Å². The van der Waals surface area contributed by atoms with Gasteiger partial charge in [-0.2, -0.15) is 0 Å². The molecule has 1 nitrogen and oxygen atoms in total. The van der Waals surface area contributed by atoms with Crippen LogP contribution in [0.25, 0.3) is 0 Å². The highest BCUT2D eigenvalue weighted by atomic mass is 79.9. The Labute approximate surface area is 123 Å². The van der Waals surface area contributed by atoms with Crippen LogP contribution in [0.15, 0.2) is 53.0 Å². The first-order valence-electron chi connectivity index (χ1n) is 6.79. The van der Waals surface area contributed by atoms with E-state index in [4.69, 9.17) is 0 Å². The number of hydrogen-bond acceptors (Lipinski definition) is 1. The molecule has 1 aliphatic rings. The summed E-state index contributed by atoms with van der Waals surface area (Å²) in [6.07, 6.45) is 2.47. The van der Waals surface area contributed by atoms with Crippen LogP contribution in [-0.2, 0) is 0 Å². The second-order valence-corrected chi connectivity index (χ2v) is 6.34. The highest BCUT2D eigenvalue weighted by molar-refractivity contribution is 9.10. The highest BCUT2D eigenvalue weighted by Crippen LogP contribution is 2.38. The molecule has 0 aromatic heterocycles. The lowest BCUT2D eigenvalue weighted by atomic mass is 9.75. The Bertz CT molecular complexity index is 538. The highest BCUT2D eigenvalue weighted by Gasteiger charge is 2.29. The minimum Gasteiger partial charge on any atom is -0.382 e. The number of anilines is 1. The average molecular weight is 316 g/mol. The zero-order chi connectivity index (χ0) is 13.2. The van der Waals surface area contributed by atoms with E-state index in [0.717, 1.165) is 10.4 Å². The van der Waals surface area contributed by atoms with Gasteiger partial charge in [0.1, 0.15) is 0 Å². The zero-order valence-corrected chi connectivity index (χ0v) is 12.7. The van der Waals surface area contributed by atoms with Crippen molar-refractivity contribution in [3.05, 3.63) is 64.1 Å². The molecule has 0 radical (unpaired) electrons. The predicted molar refractivity (Wildman–Crippen MR) is 84.7 cm³/mol. The van der Waals surface area contributed by atoms with E-state index in [2.05, 4.69) is 76.7 Å². The molecule has 1 fully saturated rings. The summed E-state index contributed by atoms with van der Waals surface area (Å²) in [5, 5.41) is 3.60. The Morgan fingerprint density at radius 1 is 0.947 bits per heavy atom. The normalized spacial score (nSPS) is 21.8. The lowest BCUT2D eigenvalue weighted by Gasteiger charge is -2.37. The standard InChI is InChI=1S/C17H18BrN/c1-12-2-4-13(5-3-12)14-10-17(11-14)19-16-8-6-15(18)7-9-16/h2-9,14,17,19H,10-11H2,1H3. The van der Waals surface area contributed by atoms with Gasteiger partial charge >= 0.3 is 0 Å². The maximum absolute atomic E-state index is 3.60. The Balaban J connectivity index is 1.55. The van der Waals surface area contributed by atoms with Crippen molar-refractivity contribution < 1.29 is 0 Å². The Hall–Kier alpha value is -1.28. The monoisotopic (exact) mass is 315 g/mol. The summed E-state index contributed by atoms with van der Waals surface area (Å²) in [5.74, 6) is 0.730. The fraction of sp³-hybridized carbons (Fsp3) is 0.294. The molecule has 0 atom stereocenters. The molecule has 0 amide bonds. The van der Waals surface area contributed by atoms with Crippen LogP contribution in [0.2, 0.25) is 0 Å². The van der Waals surface area contributed by atoms with Gasteiger partial charge in [0.2, 0.25) is 0 Å². The molecule has 0 bridgehead atoms. The van der Waals surface area contributed by atoms with E-state index >= 15 is 0 Å². The lowest BCUT2D eigenvalue weighted by molar-refractivity contribution is 0.374. The fourth-order valence-corrected chi connectivity index (χ4v) is 2.89. The van der Waals surface area contributed by atoms with E-state index in [-0.39, 0.29) is 0 Å². The summed E-state index contributed by atoms with van der Waals surface area (Å²) in [5.41, 5.74) is 4.04. The maximum atomic E-state index is 3.60. The van der Waals surface area contributed by atoms with Gasteiger partial charge in [-0.3, -0.25) is 0 Å². The number of aryl methyl sites for hydroxylation is 1. The van der Waals surface area contributed by atoms with Crippen molar-refractivity contribution in [2.24, 2.45) is 0 Å². The molecular formula is C17H18BrN. The molecule has 1 aliphatic carbocycles. The van der Waals surface area contributed by atoms with Crippen molar-refractivity contribution >= 4 is 21.6 Å². The van der Waals surface area contributed by atoms with Crippen LogP contribution in [0, 0.1) is 6.92 Å². The molecule has 2 aromatic rings. The summed E-state index contributed by atoms with van der Waals surface area (Å²) in [4.78, 5) is 0. The van der Waals surface area contributed by atoms with Gasteiger partial charge in [0.05, 0.1) is 0 Å². The molecule has 2 heteroatoms. The Morgan fingerprint density at radius 2 is 1.58 bits per heavy atom. The second kappa shape index (κ2) is 5.38. The average Bonchev–Trinajstić information content (AvgIpc) is 2.37. The van der Waals surface area contributed by atoms with Gasteiger partial charge in [-0.15, -0.1) is 0 Å². The summed E-state index contributed by atoms with van der Waals surface area (Å²) >= 11 is 3.46. The molecule has 98 valence electrons. The van der Waals surface area contributed by atoms with E-state index in [0.29, 0.717) is 6.04 Å². The first-order chi connectivity index (χ1) is 9.20. The van der Waals surface area contributed by atoms with Crippen LogP contribution < -0.4 is 5.32 Å². The maximum Gasteiger partial charge on any atom is 0.0343 e. The number of benzene rings is 2. The van der Waals surface area contributed by atoms with Crippen molar-refractivity contribution in [1.29, 1.82) is 0 Å². The molecule has 3 rings (SSSR count). The van der Waals surface area contributed by atoms with Crippen LogP contribution in [0.3, 0.4) is 0 Å². The molecule has 0 heterocycles. The van der Waals surface area contributed by atoms with Gasteiger partial charge in [-0.1, -0.05) is 45.8 Å². The molecular weight excluding hydrogens is 298 g/mol. The number of halogens is 1. The third-order valence-corrected chi connectivity index (χ3v) is 4.43. The van der Waals surface area contributed by atoms with Crippen LogP contribution >= 0.6 is 15.9 Å². The number of rotatable bonds is 3. The van der Waals surface area contributed by atoms with Crippen LogP contribution in [0.5, 0.6) is 0 Å². The summed E-state index contributed by atoms with van der Waals surface area (Å²) in [6, 6.07) is 18.0. The van der Waals surface area contributed by atoms with Gasteiger partial charge in [0, 0.05) is 16.2 Å². The van der Waals surface area contributed by atoms with Crippen molar-refractivity contribution in [3.8, 4) is 0 Å². The number of hydrogen-bond donors (Lipinski definition) is 1. The van der Waals surface area contributed by atoms with E-state index in [1.54, 1.807) is 0 Å². The summed E-state index contributed by atoms with van der Waals surface area (Å²) < 4.78 is 1.13. The largest absolute Gasteiger partial charge is 0.382 e. The van der Waals surface area contributed by atoms with Crippen LogP contribution in [-0.4, -0.2) is 6.04 Å². The summed E-state index contributed by atoms with van der Waals surface area (Å²) in [7, 11) is 0.